The molecule has 5 nitrogen and oxygen atoms in total. The highest BCUT2D eigenvalue weighted by atomic mass is 19.1. The van der Waals surface area contributed by atoms with Gasteiger partial charge in [0.05, 0.1) is 17.2 Å². The summed E-state index contributed by atoms with van der Waals surface area (Å²) in [5.41, 5.74) is -1.26. The number of rotatable bonds is 5. The first-order valence-electron chi connectivity index (χ1n) is 10.5. The van der Waals surface area contributed by atoms with Crippen LogP contribution in [0.4, 0.5) is 8.78 Å². The number of carbonyl (C=O) groups is 2. The van der Waals surface area contributed by atoms with Crippen molar-refractivity contribution in [2.24, 2.45) is 5.41 Å². The Morgan fingerprint density at radius 3 is 2.50 bits per heavy atom. The van der Waals surface area contributed by atoms with Crippen LogP contribution in [0, 0.1) is 17.0 Å². The summed E-state index contributed by atoms with van der Waals surface area (Å²) < 4.78 is 41.0. The Morgan fingerprint density at radius 1 is 1.12 bits per heavy atom. The van der Waals surface area contributed by atoms with Crippen LogP contribution in [-0.4, -0.2) is 29.7 Å². The molecule has 0 amide bonds. The lowest BCUT2D eigenvalue weighted by Crippen LogP contribution is -2.57. The Morgan fingerprint density at radius 2 is 1.84 bits per heavy atom. The third kappa shape index (κ3) is 3.71. The topological polar surface area (TPSA) is 59.8 Å². The molecule has 1 fully saturated rings. The van der Waals surface area contributed by atoms with Crippen LogP contribution in [0.15, 0.2) is 53.1 Å². The largest absolute Gasteiger partial charge is 0.464 e. The average Bonchev–Trinajstić information content (AvgIpc) is 3.21. The molecule has 1 saturated heterocycles. The van der Waals surface area contributed by atoms with Gasteiger partial charge in [-0.05, 0) is 11.6 Å². The predicted octanol–water partition coefficient (Wildman–Crippen LogP) is 4.97. The van der Waals surface area contributed by atoms with Gasteiger partial charge >= 0.3 is 5.97 Å². The van der Waals surface area contributed by atoms with E-state index in [1.807, 2.05) is 44.2 Å². The number of piperidine rings is 1. The van der Waals surface area contributed by atoms with Gasteiger partial charge in [-0.2, -0.15) is 0 Å². The second kappa shape index (κ2) is 8.13. The molecule has 168 valence electrons. The van der Waals surface area contributed by atoms with Crippen molar-refractivity contribution in [1.29, 1.82) is 0 Å². The normalized spacial score (nSPS) is 20.9. The first-order valence-corrected chi connectivity index (χ1v) is 10.5. The molecule has 0 bridgehead atoms. The number of carbonyl (C=O) groups excluding carboxylic acids is 2. The quantitative estimate of drug-likeness (QED) is 0.413. The maximum atomic E-state index is 15.3. The number of ether oxygens (including phenoxy) is 1. The molecule has 3 aromatic rings. The number of nitrogens with zero attached hydrogens (tertiary/aromatic N) is 1. The van der Waals surface area contributed by atoms with Crippen molar-refractivity contribution in [2.75, 3.05) is 13.1 Å². The molecule has 4 rings (SSSR count). The molecular weight excluding hydrogens is 416 g/mol. The van der Waals surface area contributed by atoms with E-state index in [9.17, 15) is 14.0 Å². The van der Waals surface area contributed by atoms with Crippen LogP contribution < -0.4 is 0 Å². The fourth-order valence-corrected chi connectivity index (χ4v) is 4.77. The maximum Gasteiger partial charge on any atom is 0.375 e. The van der Waals surface area contributed by atoms with Gasteiger partial charge in [-0.1, -0.05) is 44.2 Å². The number of furan rings is 1. The molecule has 1 unspecified atom stereocenters. The lowest BCUT2D eigenvalue weighted by atomic mass is 9.65. The van der Waals surface area contributed by atoms with E-state index in [0.29, 0.717) is 19.6 Å². The highest BCUT2D eigenvalue weighted by Crippen LogP contribution is 2.52. The van der Waals surface area contributed by atoms with Crippen LogP contribution in [0.5, 0.6) is 0 Å². The van der Waals surface area contributed by atoms with E-state index < -0.39 is 34.4 Å². The molecule has 7 heteroatoms. The Labute approximate surface area is 185 Å². The van der Waals surface area contributed by atoms with Gasteiger partial charge in [-0.25, -0.2) is 13.6 Å². The van der Waals surface area contributed by atoms with Crippen molar-refractivity contribution in [3.05, 3.63) is 71.5 Å². The molecule has 2 heterocycles. The summed E-state index contributed by atoms with van der Waals surface area (Å²) in [6.45, 7) is 6.42. The molecular formula is C25H25F2NO4. The number of hydrogen-bond acceptors (Lipinski definition) is 5. The Hall–Kier alpha value is -3.06. The zero-order valence-corrected chi connectivity index (χ0v) is 18.3. The number of ketones is 1. The zero-order valence-electron chi connectivity index (χ0n) is 18.3. The fraction of sp³-hybridized carbons (Fsp3) is 0.360. The van der Waals surface area contributed by atoms with Crippen LogP contribution in [0.2, 0.25) is 0 Å². The van der Waals surface area contributed by atoms with Crippen LogP contribution >= 0.6 is 0 Å². The number of fused-ring (bicyclic) bond motifs is 1. The van der Waals surface area contributed by atoms with E-state index in [2.05, 4.69) is 4.90 Å². The summed E-state index contributed by atoms with van der Waals surface area (Å²) in [6, 6.07) is 12.1. The highest BCUT2D eigenvalue weighted by molar-refractivity contribution is 6.32. The van der Waals surface area contributed by atoms with E-state index in [4.69, 9.17) is 9.15 Å². The predicted molar refractivity (Wildman–Crippen MR) is 115 cm³/mol. The van der Waals surface area contributed by atoms with Gasteiger partial charge in [-0.3, -0.25) is 9.69 Å². The van der Waals surface area contributed by atoms with E-state index in [0.717, 1.165) is 18.6 Å². The van der Waals surface area contributed by atoms with Crippen molar-refractivity contribution in [2.45, 2.75) is 39.3 Å². The Balaban J connectivity index is 1.81. The van der Waals surface area contributed by atoms with Gasteiger partial charge < -0.3 is 9.15 Å². The molecule has 0 radical (unpaired) electrons. The van der Waals surface area contributed by atoms with Gasteiger partial charge in [0, 0.05) is 44.5 Å². The minimum absolute atomic E-state index is 0.0107. The number of Topliss-reactive ketones (excluding diaryl/α,β-unsaturated/α-hetero) is 1. The summed E-state index contributed by atoms with van der Waals surface area (Å²) in [7, 11) is 0. The summed E-state index contributed by atoms with van der Waals surface area (Å²) in [4.78, 5) is 26.5. The molecule has 1 aromatic heterocycles. The molecule has 0 saturated carbocycles. The second-order valence-electron chi connectivity index (χ2n) is 8.98. The second-order valence-corrected chi connectivity index (χ2v) is 8.98. The molecule has 0 N–H and O–H groups in total. The molecule has 1 atom stereocenters. The van der Waals surface area contributed by atoms with Crippen LogP contribution in [-0.2, 0) is 26.5 Å². The van der Waals surface area contributed by atoms with Crippen LogP contribution in [0.25, 0.3) is 11.0 Å². The SMILES string of the molecule is CC(=O)C(=O)OC1(c2c(F)cc(F)c3ccoc23)CCN(Cc2ccccc2)CC1(C)C. The lowest BCUT2D eigenvalue weighted by Gasteiger charge is -2.52. The molecule has 2 aromatic carbocycles. The highest BCUT2D eigenvalue weighted by Gasteiger charge is 2.56. The van der Waals surface area contributed by atoms with Gasteiger partial charge in [0.15, 0.2) is 5.60 Å². The third-order valence-electron chi connectivity index (χ3n) is 6.34. The summed E-state index contributed by atoms with van der Waals surface area (Å²) in [6.07, 6.45) is 1.49. The first-order chi connectivity index (χ1) is 15.1. The summed E-state index contributed by atoms with van der Waals surface area (Å²) >= 11 is 0. The molecule has 0 aliphatic carbocycles. The lowest BCUT2D eigenvalue weighted by molar-refractivity contribution is -0.192. The molecule has 1 aliphatic heterocycles. The van der Waals surface area contributed by atoms with E-state index in [1.165, 1.54) is 12.3 Å². The standard InChI is InChI=1S/C25H25F2NO4/c1-16(29)23(30)32-25(21-20(27)13-19(26)18-9-12-31-22(18)21)10-11-28(15-24(25,2)3)14-17-7-5-4-6-8-17/h4-9,12-13H,10-11,14-15H2,1-3H3. The number of hydrogen-bond donors (Lipinski definition) is 0. The summed E-state index contributed by atoms with van der Waals surface area (Å²) in [5, 5.41) is 0.0992. The fourth-order valence-electron chi connectivity index (χ4n) is 4.77. The Bertz CT molecular complexity index is 1170. The number of esters is 1. The Kier molecular flexibility index (Phi) is 5.63. The number of likely N-dealkylation sites (tertiary alicyclic amines) is 1. The van der Waals surface area contributed by atoms with Gasteiger partial charge in [0.2, 0.25) is 5.78 Å². The van der Waals surface area contributed by atoms with Crippen molar-refractivity contribution in [3.8, 4) is 0 Å². The van der Waals surface area contributed by atoms with Gasteiger partial charge in [0.25, 0.3) is 0 Å². The maximum absolute atomic E-state index is 15.3. The summed E-state index contributed by atoms with van der Waals surface area (Å²) in [5.74, 6) is -3.48. The van der Waals surface area contributed by atoms with Gasteiger partial charge in [0.1, 0.15) is 17.2 Å². The molecule has 0 spiro atoms. The van der Waals surface area contributed by atoms with Crippen molar-refractivity contribution >= 4 is 22.7 Å². The van der Waals surface area contributed by atoms with Crippen LogP contribution in [0.3, 0.4) is 0 Å². The van der Waals surface area contributed by atoms with E-state index in [1.54, 1.807) is 0 Å². The number of benzene rings is 2. The zero-order chi connectivity index (χ0) is 23.1. The minimum atomic E-state index is -1.52. The molecule has 32 heavy (non-hydrogen) atoms. The van der Waals surface area contributed by atoms with E-state index in [-0.39, 0.29) is 23.0 Å². The number of halogens is 2. The average molecular weight is 441 g/mol. The first kappa shape index (κ1) is 22.1. The molecule has 1 aliphatic rings. The third-order valence-corrected chi connectivity index (χ3v) is 6.34. The van der Waals surface area contributed by atoms with Crippen molar-refractivity contribution in [1.82, 2.24) is 4.90 Å². The smallest absolute Gasteiger partial charge is 0.375 e. The van der Waals surface area contributed by atoms with Crippen molar-refractivity contribution < 1.29 is 27.5 Å². The van der Waals surface area contributed by atoms with E-state index >= 15 is 4.39 Å². The van der Waals surface area contributed by atoms with Crippen LogP contribution in [0.1, 0.15) is 38.3 Å². The monoisotopic (exact) mass is 441 g/mol. The van der Waals surface area contributed by atoms with Crippen molar-refractivity contribution in [3.63, 3.8) is 0 Å². The minimum Gasteiger partial charge on any atom is -0.464 e. The van der Waals surface area contributed by atoms with Gasteiger partial charge in [-0.15, -0.1) is 0 Å².